The van der Waals surface area contributed by atoms with Crippen LogP contribution < -0.4 is 5.32 Å². The van der Waals surface area contributed by atoms with Gasteiger partial charge in [-0.3, -0.25) is 4.79 Å². The molecule has 170 valence electrons. The second kappa shape index (κ2) is 8.67. The predicted molar refractivity (Wildman–Crippen MR) is 124 cm³/mol. The van der Waals surface area contributed by atoms with Gasteiger partial charge in [0.1, 0.15) is 23.5 Å². The number of rotatable bonds is 8. The first-order valence-corrected chi connectivity index (χ1v) is 12.2. The number of hydrogen-bond donors (Lipinski definition) is 1. The number of halogens is 1. The van der Waals surface area contributed by atoms with Gasteiger partial charge < -0.3 is 14.5 Å². The second-order valence-corrected chi connectivity index (χ2v) is 9.75. The molecule has 0 atom stereocenters. The molecule has 2 aliphatic carbocycles. The Morgan fingerprint density at radius 3 is 2.58 bits per heavy atom. The van der Waals surface area contributed by atoms with Crippen molar-refractivity contribution in [2.75, 3.05) is 11.1 Å². The zero-order chi connectivity index (χ0) is 23.1. The predicted octanol–water partition coefficient (Wildman–Crippen LogP) is 4.70. The van der Waals surface area contributed by atoms with E-state index < -0.39 is 0 Å². The maximum atomic E-state index is 13.3. The molecule has 9 heteroatoms. The fraction of sp³-hybridized carbons (Fsp3) is 0.417. The highest BCUT2D eigenvalue weighted by Crippen LogP contribution is 2.46. The minimum absolute atomic E-state index is 0.181. The average Bonchev–Trinajstić information content (AvgIpc) is 3.74. The summed E-state index contributed by atoms with van der Waals surface area (Å²) in [7, 11) is 0. The van der Waals surface area contributed by atoms with Crippen molar-refractivity contribution >= 4 is 23.5 Å². The van der Waals surface area contributed by atoms with Gasteiger partial charge in [-0.15, -0.1) is 10.2 Å². The van der Waals surface area contributed by atoms with E-state index in [2.05, 4.69) is 26.2 Å². The van der Waals surface area contributed by atoms with Gasteiger partial charge >= 0.3 is 0 Å². The monoisotopic (exact) mass is 464 g/mol. The number of anilines is 1. The number of nitrogens with zero attached hydrogens (tertiary/aromatic N) is 5. The molecule has 2 heterocycles. The molecule has 2 fully saturated rings. The summed E-state index contributed by atoms with van der Waals surface area (Å²) in [5.74, 6) is 1.73. The van der Waals surface area contributed by atoms with Crippen LogP contribution >= 0.6 is 11.8 Å². The Labute approximate surface area is 196 Å². The van der Waals surface area contributed by atoms with E-state index in [9.17, 15) is 14.4 Å². The van der Waals surface area contributed by atoms with E-state index in [4.69, 9.17) is 0 Å². The fourth-order valence-electron chi connectivity index (χ4n) is 4.08. The molecule has 5 rings (SSSR count). The third-order valence-electron chi connectivity index (χ3n) is 6.33. The van der Waals surface area contributed by atoms with Gasteiger partial charge in [0.15, 0.2) is 5.16 Å². The van der Waals surface area contributed by atoms with Gasteiger partial charge in [-0.1, -0.05) is 23.9 Å². The summed E-state index contributed by atoms with van der Waals surface area (Å²) in [5.41, 5.74) is 3.05. The molecule has 3 aromatic rings. The molecular formula is C24H25FN6OS. The number of carbonyl (C=O) groups is 1. The van der Waals surface area contributed by atoms with Gasteiger partial charge in [-0.2, -0.15) is 5.26 Å². The Morgan fingerprint density at radius 2 is 1.94 bits per heavy atom. The summed E-state index contributed by atoms with van der Waals surface area (Å²) < 4.78 is 17.4. The number of carbonyl (C=O) groups excluding carboxylic acids is 1. The summed E-state index contributed by atoms with van der Waals surface area (Å²) >= 11 is 1.39. The lowest BCUT2D eigenvalue weighted by Crippen LogP contribution is -2.19. The van der Waals surface area contributed by atoms with Crippen molar-refractivity contribution in [2.24, 2.45) is 0 Å². The molecule has 2 aromatic heterocycles. The Kier molecular flexibility index (Phi) is 5.71. The van der Waals surface area contributed by atoms with Crippen LogP contribution in [0.1, 0.15) is 65.9 Å². The van der Waals surface area contributed by atoms with Crippen LogP contribution in [0.15, 0.2) is 29.4 Å². The maximum absolute atomic E-state index is 13.3. The van der Waals surface area contributed by atoms with Crippen molar-refractivity contribution in [1.29, 1.82) is 5.26 Å². The first kappa shape index (κ1) is 21.7. The van der Waals surface area contributed by atoms with E-state index >= 15 is 0 Å². The zero-order valence-corrected chi connectivity index (χ0v) is 19.5. The second-order valence-electron chi connectivity index (χ2n) is 8.81. The SMILES string of the molecule is Cc1c(C#N)c(NC(=O)CSc2nnc(C3CC3)n2C2CC2)n(Cc2ccc(F)cc2)c1C. The number of aromatic nitrogens is 4. The molecule has 33 heavy (non-hydrogen) atoms. The molecule has 0 bridgehead atoms. The van der Waals surface area contributed by atoms with E-state index in [1.165, 1.54) is 23.9 Å². The molecule has 1 aromatic carbocycles. The van der Waals surface area contributed by atoms with Crippen LogP contribution in [0.5, 0.6) is 0 Å². The maximum Gasteiger partial charge on any atom is 0.235 e. The quantitative estimate of drug-likeness (QED) is 0.488. The van der Waals surface area contributed by atoms with Crippen molar-refractivity contribution < 1.29 is 9.18 Å². The molecule has 0 aliphatic heterocycles. The number of hydrogen-bond acceptors (Lipinski definition) is 5. The number of nitrogens with one attached hydrogen (secondary N) is 1. The lowest BCUT2D eigenvalue weighted by atomic mass is 10.2. The molecule has 0 spiro atoms. The Balaban J connectivity index is 1.33. The van der Waals surface area contributed by atoms with E-state index in [-0.39, 0.29) is 17.5 Å². The van der Waals surface area contributed by atoms with Crippen LogP contribution in [0.2, 0.25) is 0 Å². The number of amides is 1. The molecule has 0 saturated heterocycles. The largest absolute Gasteiger partial charge is 0.326 e. The summed E-state index contributed by atoms with van der Waals surface area (Å²) in [4.78, 5) is 12.9. The van der Waals surface area contributed by atoms with Crippen molar-refractivity contribution in [3.8, 4) is 6.07 Å². The van der Waals surface area contributed by atoms with Gasteiger partial charge in [-0.05, 0) is 62.8 Å². The van der Waals surface area contributed by atoms with Crippen LogP contribution in [-0.4, -0.2) is 31.0 Å². The van der Waals surface area contributed by atoms with Crippen LogP contribution in [0.4, 0.5) is 10.2 Å². The first-order valence-electron chi connectivity index (χ1n) is 11.2. The van der Waals surface area contributed by atoms with Crippen LogP contribution in [0.3, 0.4) is 0 Å². The molecule has 7 nitrogen and oxygen atoms in total. The molecular weight excluding hydrogens is 439 g/mol. The normalized spacial score (nSPS) is 15.5. The summed E-state index contributed by atoms with van der Waals surface area (Å²) in [6, 6.07) is 8.92. The van der Waals surface area contributed by atoms with Crippen LogP contribution in [0.25, 0.3) is 0 Å². The minimum atomic E-state index is -0.300. The van der Waals surface area contributed by atoms with Gasteiger partial charge in [0.25, 0.3) is 0 Å². The zero-order valence-electron chi connectivity index (χ0n) is 18.6. The average molecular weight is 465 g/mol. The van der Waals surface area contributed by atoms with Crippen molar-refractivity contribution in [1.82, 2.24) is 19.3 Å². The third kappa shape index (κ3) is 4.40. The van der Waals surface area contributed by atoms with E-state index in [0.29, 0.717) is 29.9 Å². The highest BCUT2D eigenvalue weighted by atomic mass is 32.2. The number of benzene rings is 1. The van der Waals surface area contributed by atoms with Gasteiger partial charge in [0, 0.05) is 24.2 Å². The Bertz CT molecular complexity index is 1250. The Morgan fingerprint density at radius 1 is 1.21 bits per heavy atom. The third-order valence-corrected chi connectivity index (χ3v) is 7.27. The van der Waals surface area contributed by atoms with Crippen molar-refractivity contribution in [3.63, 3.8) is 0 Å². The molecule has 2 aliphatic rings. The standard InChI is InChI=1S/C24H25FN6OS/c1-14-15(2)30(12-16-3-7-18(25)8-4-16)23(20(14)11-26)27-21(32)13-33-24-29-28-22(17-5-6-17)31(24)19-9-10-19/h3-4,7-8,17,19H,5-6,9-10,12-13H2,1-2H3,(H,27,32). The smallest absolute Gasteiger partial charge is 0.235 e. The van der Waals surface area contributed by atoms with Gasteiger partial charge in [0.2, 0.25) is 5.91 Å². The lowest BCUT2D eigenvalue weighted by Gasteiger charge is -2.13. The lowest BCUT2D eigenvalue weighted by molar-refractivity contribution is -0.113. The molecule has 2 saturated carbocycles. The van der Waals surface area contributed by atoms with Crippen LogP contribution in [-0.2, 0) is 11.3 Å². The topological polar surface area (TPSA) is 88.5 Å². The van der Waals surface area contributed by atoms with E-state index in [1.54, 1.807) is 12.1 Å². The summed E-state index contributed by atoms with van der Waals surface area (Å²) in [6.45, 7) is 4.22. The molecule has 0 radical (unpaired) electrons. The van der Waals surface area contributed by atoms with E-state index in [0.717, 1.165) is 53.5 Å². The van der Waals surface area contributed by atoms with Crippen molar-refractivity contribution in [3.05, 3.63) is 58.3 Å². The first-order chi connectivity index (χ1) is 16.0. The number of nitriles is 1. The van der Waals surface area contributed by atoms with E-state index in [1.807, 2.05) is 18.4 Å². The molecule has 1 N–H and O–H groups in total. The van der Waals surface area contributed by atoms with Crippen LogP contribution in [0, 0.1) is 31.0 Å². The highest BCUT2D eigenvalue weighted by molar-refractivity contribution is 7.99. The fourth-order valence-corrected chi connectivity index (χ4v) is 4.89. The van der Waals surface area contributed by atoms with Gasteiger partial charge in [0.05, 0.1) is 11.3 Å². The molecule has 1 amide bonds. The van der Waals surface area contributed by atoms with Crippen molar-refractivity contribution in [2.45, 2.75) is 63.2 Å². The minimum Gasteiger partial charge on any atom is -0.326 e. The highest BCUT2D eigenvalue weighted by Gasteiger charge is 2.36. The number of thioether (sulfide) groups is 1. The molecule has 0 unspecified atom stereocenters. The summed E-state index contributed by atoms with van der Waals surface area (Å²) in [5, 5.41) is 22.2. The summed E-state index contributed by atoms with van der Waals surface area (Å²) in [6.07, 6.45) is 4.60. The Hall–Kier alpha value is -3.12. The van der Waals surface area contributed by atoms with Gasteiger partial charge in [-0.25, -0.2) is 4.39 Å².